The van der Waals surface area contributed by atoms with Crippen LogP contribution in [-0.2, 0) is 15.7 Å². The van der Waals surface area contributed by atoms with Crippen molar-refractivity contribution in [3.05, 3.63) is 34.3 Å². The van der Waals surface area contributed by atoms with E-state index < -0.39 is 29.2 Å². The number of alkyl halides is 3. The maximum Gasteiger partial charge on any atom is 0.416 e. The highest BCUT2D eigenvalue weighted by atomic mass is 35.5. The van der Waals surface area contributed by atoms with Crippen LogP contribution >= 0.6 is 11.6 Å². The van der Waals surface area contributed by atoms with Gasteiger partial charge in [-0.3, -0.25) is 4.79 Å². The molecule has 0 aliphatic rings. The first-order chi connectivity index (χ1) is 9.00. The molecule has 2 N–H and O–H groups in total. The fourth-order valence-corrected chi connectivity index (χ4v) is 2.01. The van der Waals surface area contributed by atoms with Gasteiger partial charge in [0.1, 0.15) is 0 Å². The Hall–Kier alpha value is -1.27. The number of carbonyl (C=O) groups excluding carboxylic acids is 1. The lowest BCUT2D eigenvalue weighted by molar-refractivity contribution is -0.152. The van der Waals surface area contributed by atoms with E-state index in [2.05, 4.69) is 4.74 Å². The molecule has 0 spiro atoms. The maximum atomic E-state index is 12.7. The lowest BCUT2D eigenvalue weighted by atomic mass is 9.80. The number of halogens is 4. The summed E-state index contributed by atoms with van der Waals surface area (Å²) >= 11 is 5.69. The lowest BCUT2D eigenvalue weighted by Gasteiger charge is -2.29. The summed E-state index contributed by atoms with van der Waals surface area (Å²) in [7, 11) is 1.19. The molecule has 1 atom stereocenters. The molecule has 0 bridgehead atoms. The van der Waals surface area contributed by atoms with Gasteiger partial charge in [0.2, 0.25) is 0 Å². The van der Waals surface area contributed by atoms with E-state index in [1.54, 1.807) is 0 Å². The first kappa shape index (κ1) is 16.8. The zero-order chi connectivity index (χ0) is 15.7. The Balaban J connectivity index is 3.27. The number of nitrogens with two attached hydrogens (primary N) is 1. The van der Waals surface area contributed by atoms with Crippen molar-refractivity contribution >= 4 is 17.6 Å². The van der Waals surface area contributed by atoms with E-state index in [1.165, 1.54) is 27.0 Å². The van der Waals surface area contributed by atoms with E-state index in [0.717, 1.165) is 12.1 Å². The standard InChI is InChI=1S/C13H15ClF3NO2/c1-12(2,11(19)20-3)10(18)7-4-8(13(15,16)17)6-9(14)5-7/h4-6,10H,18H2,1-3H3/t10-/m1/s1. The highest BCUT2D eigenvalue weighted by molar-refractivity contribution is 6.30. The molecule has 0 fully saturated rings. The van der Waals surface area contributed by atoms with Crippen molar-refractivity contribution in [2.75, 3.05) is 7.11 Å². The quantitative estimate of drug-likeness (QED) is 0.869. The van der Waals surface area contributed by atoms with E-state index in [0.29, 0.717) is 0 Å². The van der Waals surface area contributed by atoms with E-state index in [1.807, 2.05) is 0 Å². The Bertz CT molecular complexity index is 515. The van der Waals surface area contributed by atoms with Gasteiger partial charge >= 0.3 is 12.1 Å². The van der Waals surface area contributed by atoms with Crippen LogP contribution in [0.1, 0.15) is 31.0 Å². The van der Waals surface area contributed by atoms with Crippen molar-refractivity contribution in [3.63, 3.8) is 0 Å². The molecular weight excluding hydrogens is 295 g/mol. The number of rotatable bonds is 3. The van der Waals surface area contributed by atoms with Crippen LogP contribution in [-0.4, -0.2) is 13.1 Å². The molecule has 1 rings (SSSR count). The third kappa shape index (κ3) is 3.43. The smallest absolute Gasteiger partial charge is 0.416 e. The van der Waals surface area contributed by atoms with E-state index in [-0.39, 0.29) is 10.6 Å². The van der Waals surface area contributed by atoms with Gasteiger partial charge in [-0.1, -0.05) is 11.6 Å². The van der Waals surface area contributed by atoms with Crippen LogP contribution in [0.4, 0.5) is 13.2 Å². The van der Waals surface area contributed by atoms with Gasteiger partial charge in [0.25, 0.3) is 0 Å². The molecule has 0 aliphatic carbocycles. The molecule has 0 heterocycles. The minimum Gasteiger partial charge on any atom is -0.469 e. The Morgan fingerprint density at radius 1 is 1.30 bits per heavy atom. The topological polar surface area (TPSA) is 52.3 Å². The van der Waals surface area contributed by atoms with Crippen molar-refractivity contribution in [2.45, 2.75) is 26.1 Å². The van der Waals surface area contributed by atoms with Crippen LogP contribution in [0, 0.1) is 5.41 Å². The predicted molar refractivity (Wildman–Crippen MR) is 69.2 cm³/mol. The number of hydrogen-bond donors (Lipinski definition) is 1. The molecule has 3 nitrogen and oxygen atoms in total. The number of esters is 1. The second-order valence-corrected chi connectivity index (χ2v) is 5.40. The zero-order valence-corrected chi connectivity index (χ0v) is 12.0. The number of carbonyl (C=O) groups is 1. The van der Waals surface area contributed by atoms with Crippen LogP contribution in [0.15, 0.2) is 18.2 Å². The molecule has 0 aromatic heterocycles. The van der Waals surface area contributed by atoms with E-state index in [4.69, 9.17) is 17.3 Å². The lowest BCUT2D eigenvalue weighted by Crippen LogP contribution is -2.37. The Kier molecular flexibility index (Phi) is 4.71. The SMILES string of the molecule is COC(=O)C(C)(C)[C@H](N)c1cc(Cl)cc(C(F)(F)F)c1. The predicted octanol–water partition coefficient (Wildman–Crippen LogP) is 3.56. The molecule has 20 heavy (non-hydrogen) atoms. The van der Waals surface area contributed by atoms with Crippen LogP contribution in [0.25, 0.3) is 0 Å². The van der Waals surface area contributed by atoms with Crippen LogP contribution < -0.4 is 5.73 Å². The molecule has 0 aliphatic heterocycles. The normalized spacial score (nSPS) is 14.0. The van der Waals surface area contributed by atoms with Gasteiger partial charge < -0.3 is 10.5 Å². The molecule has 0 unspecified atom stereocenters. The average molecular weight is 310 g/mol. The second kappa shape index (κ2) is 5.61. The molecule has 1 aromatic carbocycles. The zero-order valence-electron chi connectivity index (χ0n) is 11.2. The summed E-state index contributed by atoms with van der Waals surface area (Å²) in [6.07, 6.45) is -4.53. The Labute approximate surface area is 119 Å². The minimum absolute atomic E-state index is 0.0917. The molecule has 112 valence electrons. The number of methoxy groups -OCH3 is 1. The molecule has 0 radical (unpaired) electrons. The van der Waals surface area contributed by atoms with Crippen molar-refractivity contribution in [1.82, 2.24) is 0 Å². The van der Waals surface area contributed by atoms with Crippen LogP contribution in [0.2, 0.25) is 5.02 Å². The monoisotopic (exact) mass is 309 g/mol. The van der Waals surface area contributed by atoms with Gasteiger partial charge in [0.15, 0.2) is 0 Å². The van der Waals surface area contributed by atoms with Gasteiger partial charge in [-0.15, -0.1) is 0 Å². The van der Waals surface area contributed by atoms with Crippen LogP contribution in [0.3, 0.4) is 0 Å². The van der Waals surface area contributed by atoms with E-state index >= 15 is 0 Å². The fourth-order valence-electron chi connectivity index (χ4n) is 1.76. The summed E-state index contributed by atoms with van der Waals surface area (Å²) in [5, 5.41) is -0.0917. The summed E-state index contributed by atoms with van der Waals surface area (Å²) < 4.78 is 42.8. The third-order valence-electron chi connectivity index (χ3n) is 3.10. The van der Waals surface area contributed by atoms with Gasteiger partial charge in [-0.05, 0) is 37.6 Å². The maximum absolute atomic E-state index is 12.7. The molecular formula is C13H15ClF3NO2. The summed E-state index contributed by atoms with van der Waals surface area (Å²) in [6.45, 7) is 3.00. The highest BCUT2D eigenvalue weighted by Gasteiger charge is 2.38. The number of benzene rings is 1. The Morgan fingerprint density at radius 3 is 2.30 bits per heavy atom. The van der Waals surface area contributed by atoms with Gasteiger partial charge in [0, 0.05) is 11.1 Å². The summed E-state index contributed by atoms with van der Waals surface area (Å²) in [6, 6.07) is 2.03. The Morgan fingerprint density at radius 2 is 1.85 bits per heavy atom. The molecule has 0 amide bonds. The molecule has 0 saturated heterocycles. The van der Waals surface area contributed by atoms with Gasteiger partial charge in [-0.2, -0.15) is 13.2 Å². The van der Waals surface area contributed by atoms with Crippen LogP contribution in [0.5, 0.6) is 0 Å². The molecule has 1 aromatic rings. The summed E-state index contributed by atoms with van der Waals surface area (Å²) in [5.74, 6) is -0.612. The first-order valence-corrected chi connectivity index (χ1v) is 6.09. The van der Waals surface area contributed by atoms with Crippen molar-refractivity contribution in [1.29, 1.82) is 0 Å². The van der Waals surface area contributed by atoms with E-state index in [9.17, 15) is 18.0 Å². The second-order valence-electron chi connectivity index (χ2n) is 4.96. The fraction of sp³-hybridized carbons (Fsp3) is 0.462. The third-order valence-corrected chi connectivity index (χ3v) is 3.31. The first-order valence-electron chi connectivity index (χ1n) is 5.72. The summed E-state index contributed by atoms with van der Waals surface area (Å²) in [5.41, 5.74) is 3.94. The van der Waals surface area contributed by atoms with Gasteiger partial charge in [0.05, 0.1) is 18.1 Å². The van der Waals surface area contributed by atoms with Crippen molar-refractivity contribution < 1.29 is 22.7 Å². The number of hydrogen-bond acceptors (Lipinski definition) is 3. The minimum atomic E-state index is -4.53. The average Bonchev–Trinajstić information content (AvgIpc) is 2.34. The van der Waals surface area contributed by atoms with Gasteiger partial charge in [-0.25, -0.2) is 0 Å². The molecule has 7 heteroatoms. The summed E-state index contributed by atoms with van der Waals surface area (Å²) in [4.78, 5) is 11.7. The molecule has 0 saturated carbocycles. The largest absolute Gasteiger partial charge is 0.469 e. The van der Waals surface area contributed by atoms with Crippen molar-refractivity contribution in [3.8, 4) is 0 Å². The number of ether oxygens (including phenoxy) is 1. The van der Waals surface area contributed by atoms with Crippen molar-refractivity contribution in [2.24, 2.45) is 11.1 Å². The highest BCUT2D eigenvalue weighted by Crippen LogP contribution is 2.37.